The van der Waals surface area contributed by atoms with E-state index < -0.39 is 0 Å². The lowest BCUT2D eigenvalue weighted by Crippen LogP contribution is -2.38. The van der Waals surface area contributed by atoms with Crippen LogP contribution >= 0.6 is 0 Å². The summed E-state index contributed by atoms with van der Waals surface area (Å²) in [4.78, 5) is 24.5. The average molecular weight is 285 g/mol. The molecule has 1 aliphatic heterocycles. The largest absolute Gasteiger partial charge is 0.379 e. The highest BCUT2D eigenvalue weighted by Gasteiger charge is 2.19. The molecule has 0 aromatic carbocycles. The molecular formula is C15H27NO4. The lowest BCUT2D eigenvalue weighted by molar-refractivity contribution is -0.133. The van der Waals surface area contributed by atoms with Crippen LogP contribution in [0.5, 0.6) is 0 Å². The number of hydrogen-bond donors (Lipinski definition) is 0. The van der Waals surface area contributed by atoms with Gasteiger partial charge in [0.15, 0.2) is 0 Å². The first-order valence-electron chi connectivity index (χ1n) is 7.52. The maximum atomic E-state index is 11.9. The molecule has 1 amide bonds. The SMILES string of the molecule is CC(=O)CCOCCOCCC(=O)N1CCC(C)CC1. The fourth-order valence-corrected chi connectivity index (χ4v) is 2.11. The minimum Gasteiger partial charge on any atom is -0.379 e. The Bertz CT molecular complexity index is 298. The zero-order valence-corrected chi connectivity index (χ0v) is 12.7. The van der Waals surface area contributed by atoms with Crippen LogP contribution in [0.2, 0.25) is 0 Å². The lowest BCUT2D eigenvalue weighted by Gasteiger charge is -2.30. The van der Waals surface area contributed by atoms with Crippen LogP contribution in [0.3, 0.4) is 0 Å². The second kappa shape index (κ2) is 9.88. The zero-order valence-electron chi connectivity index (χ0n) is 12.7. The number of piperidine rings is 1. The zero-order chi connectivity index (χ0) is 14.8. The molecule has 0 atom stereocenters. The topological polar surface area (TPSA) is 55.8 Å². The maximum Gasteiger partial charge on any atom is 0.224 e. The van der Waals surface area contributed by atoms with Crippen molar-refractivity contribution in [3.05, 3.63) is 0 Å². The van der Waals surface area contributed by atoms with E-state index in [1.165, 1.54) is 0 Å². The van der Waals surface area contributed by atoms with Gasteiger partial charge in [-0.15, -0.1) is 0 Å². The summed E-state index contributed by atoms with van der Waals surface area (Å²) in [6.07, 6.45) is 3.11. The van der Waals surface area contributed by atoms with Gasteiger partial charge in [0.05, 0.1) is 32.8 Å². The summed E-state index contributed by atoms with van der Waals surface area (Å²) < 4.78 is 10.6. The number of Topliss-reactive ketones (excluding diaryl/α,β-unsaturated/α-hetero) is 1. The summed E-state index contributed by atoms with van der Waals surface area (Å²) in [5.41, 5.74) is 0. The summed E-state index contributed by atoms with van der Waals surface area (Å²) in [6.45, 7) is 7.39. The molecule has 1 aliphatic rings. The first-order chi connectivity index (χ1) is 9.59. The Kier molecular flexibility index (Phi) is 8.46. The molecule has 0 saturated carbocycles. The molecule has 0 N–H and O–H groups in total. The molecule has 1 heterocycles. The van der Waals surface area contributed by atoms with Gasteiger partial charge < -0.3 is 14.4 Å². The first kappa shape index (κ1) is 17.1. The van der Waals surface area contributed by atoms with Crippen LogP contribution in [0.1, 0.15) is 39.5 Å². The minimum absolute atomic E-state index is 0.132. The summed E-state index contributed by atoms with van der Waals surface area (Å²) in [5, 5.41) is 0. The number of ketones is 1. The smallest absolute Gasteiger partial charge is 0.224 e. The van der Waals surface area contributed by atoms with Crippen molar-refractivity contribution in [2.24, 2.45) is 5.92 Å². The number of ether oxygens (including phenoxy) is 2. The van der Waals surface area contributed by atoms with Gasteiger partial charge in [-0.05, 0) is 25.7 Å². The molecule has 0 aliphatic carbocycles. The van der Waals surface area contributed by atoms with Crippen molar-refractivity contribution < 1.29 is 19.1 Å². The Labute approximate surface area is 121 Å². The molecule has 0 aromatic rings. The summed E-state index contributed by atoms with van der Waals surface area (Å²) in [6, 6.07) is 0. The Balaban J connectivity index is 1.93. The molecule has 1 fully saturated rings. The highest BCUT2D eigenvalue weighted by Crippen LogP contribution is 2.16. The fourth-order valence-electron chi connectivity index (χ4n) is 2.11. The second-order valence-corrected chi connectivity index (χ2v) is 5.49. The van der Waals surface area contributed by atoms with Crippen LogP contribution in [0, 0.1) is 5.92 Å². The van der Waals surface area contributed by atoms with Gasteiger partial charge in [-0.3, -0.25) is 9.59 Å². The molecule has 0 spiro atoms. The van der Waals surface area contributed by atoms with Crippen molar-refractivity contribution in [3.8, 4) is 0 Å². The Morgan fingerprint density at radius 3 is 2.10 bits per heavy atom. The molecule has 0 unspecified atom stereocenters. The first-order valence-corrected chi connectivity index (χ1v) is 7.52. The molecular weight excluding hydrogens is 258 g/mol. The minimum atomic E-state index is 0.132. The predicted molar refractivity (Wildman–Crippen MR) is 76.5 cm³/mol. The summed E-state index contributed by atoms with van der Waals surface area (Å²) in [7, 11) is 0. The number of carbonyl (C=O) groups is 2. The van der Waals surface area contributed by atoms with Crippen LogP contribution in [-0.4, -0.2) is 56.1 Å². The van der Waals surface area contributed by atoms with Crippen molar-refractivity contribution in [3.63, 3.8) is 0 Å². The van der Waals surface area contributed by atoms with E-state index in [4.69, 9.17) is 9.47 Å². The van der Waals surface area contributed by atoms with Gasteiger partial charge in [0.25, 0.3) is 0 Å². The number of hydrogen-bond acceptors (Lipinski definition) is 4. The average Bonchev–Trinajstić information content (AvgIpc) is 2.42. The van der Waals surface area contributed by atoms with E-state index in [-0.39, 0.29) is 11.7 Å². The number of rotatable bonds is 9. The van der Waals surface area contributed by atoms with Crippen molar-refractivity contribution in [1.29, 1.82) is 0 Å². The van der Waals surface area contributed by atoms with Gasteiger partial charge >= 0.3 is 0 Å². The van der Waals surface area contributed by atoms with Crippen LogP contribution in [0.15, 0.2) is 0 Å². The summed E-state index contributed by atoms with van der Waals surface area (Å²) in [5.74, 6) is 1.06. The molecule has 0 bridgehead atoms. The maximum absolute atomic E-state index is 11.9. The van der Waals surface area contributed by atoms with Crippen LogP contribution in [-0.2, 0) is 19.1 Å². The highest BCUT2D eigenvalue weighted by atomic mass is 16.5. The third-order valence-electron chi connectivity index (χ3n) is 3.57. The standard InChI is InChI=1S/C15H27NO4/c1-13-3-7-16(8-4-13)15(18)6-10-20-12-11-19-9-5-14(2)17/h13H,3-12H2,1-2H3. The van der Waals surface area contributed by atoms with Crippen LogP contribution in [0.4, 0.5) is 0 Å². The van der Waals surface area contributed by atoms with E-state index in [1.54, 1.807) is 6.92 Å². The second-order valence-electron chi connectivity index (χ2n) is 5.49. The Morgan fingerprint density at radius 2 is 1.55 bits per heavy atom. The molecule has 116 valence electrons. The van der Waals surface area contributed by atoms with Crippen molar-refractivity contribution in [2.45, 2.75) is 39.5 Å². The van der Waals surface area contributed by atoms with Gasteiger partial charge in [0.1, 0.15) is 5.78 Å². The Hall–Kier alpha value is -0.940. The molecule has 5 nitrogen and oxygen atoms in total. The molecule has 20 heavy (non-hydrogen) atoms. The number of amides is 1. The molecule has 1 rings (SSSR count). The normalized spacial score (nSPS) is 16.4. The number of likely N-dealkylation sites (tertiary alicyclic amines) is 1. The van der Waals surface area contributed by atoms with Gasteiger partial charge in [-0.1, -0.05) is 6.92 Å². The van der Waals surface area contributed by atoms with Crippen LogP contribution < -0.4 is 0 Å². The van der Waals surface area contributed by atoms with E-state index in [9.17, 15) is 9.59 Å². The summed E-state index contributed by atoms with van der Waals surface area (Å²) >= 11 is 0. The van der Waals surface area contributed by atoms with E-state index in [1.807, 2.05) is 4.90 Å². The van der Waals surface area contributed by atoms with E-state index >= 15 is 0 Å². The van der Waals surface area contributed by atoms with Gasteiger partial charge in [-0.25, -0.2) is 0 Å². The third kappa shape index (κ3) is 7.60. The van der Waals surface area contributed by atoms with Crippen molar-refractivity contribution in [2.75, 3.05) is 39.5 Å². The van der Waals surface area contributed by atoms with Crippen LogP contribution in [0.25, 0.3) is 0 Å². The van der Waals surface area contributed by atoms with Crippen molar-refractivity contribution >= 4 is 11.7 Å². The highest BCUT2D eigenvalue weighted by molar-refractivity contribution is 5.76. The van der Waals surface area contributed by atoms with Crippen molar-refractivity contribution in [1.82, 2.24) is 4.90 Å². The van der Waals surface area contributed by atoms with Gasteiger partial charge in [-0.2, -0.15) is 0 Å². The van der Waals surface area contributed by atoms with E-state index in [0.717, 1.165) is 31.8 Å². The predicted octanol–water partition coefficient (Wildman–Crippen LogP) is 1.65. The van der Waals surface area contributed by atoms with Gasteiger partial charge in [0.2, 0.25) is 5.91 Å². The monoisotopic (exact) mass is 285 g/mol. The van der Waals surface area contributed by atoms with E-state index in [2.05, 4.69) is 6.92 Å². The molecule has 1 saturated heterocycles. The molecule has 0 aromatic heterocycles. The Morgan fingerprint density at radius 1 is 1.00 bits per heavy atom. The van der Waals surface area contributed by atoms with E-state index in [0.29, 0.717) is 39.3 Å². The third-order valence-corrected chi connectivity index (χ3v) is 3.57. The quantitative estimate of drug-likeness (QED) is 0.604. The lowest BCUT2D eigenvalue weighted by atomic mass is 9.99. The molecule has 0 radical (unpaired) electrons. The van der Waals surface area contributed by atoms with Gasteiger partial charge in [0, 0.05) is 19.5 Å². The fraction of sp³-hybridized carbons (Fsp3) is 0.867. The number of carbonyl (C=O) groups excluding carboxylic acids is 2. The molecule has 5 heteroatoms. The number of nitrogens with zero attached hydrogens (tertiary/aromatic N) is 1.